The second kappa shape index (κ2) is 12.8. The maximum atomic E-state index is 5.13. The van der Waals surface area contributed by atoms with Crippen LogP contribution in [0.1, 0.15) is 12.8 Å². The van der Waals surface area contributed by atoms with Crippen LogP contribution in [0.5, 0.6) is 0 Å². The summed E-state index contributed by atoms with van der Waals surface area (Å²) in [5.74, 6) is 0.939. The van der Waals surface area contributed by atoms with Gasteiger partial charge in [0.15, 0.2) is 0 Å². The molecule has 0 spiro atoms. The van der Waals surface area contributed by atoms with Gasteiger partial charge in [-0.2, -0.15) is 0 Å². The fourth-order valence-corrected chi connectivity index (χ4v) is 8.92. The Balaban J connectivity index is 1.15. The molecule has 2 heteroatoms. The lowest BCUT2D eigenvalue weighted by Crippen LogP contribution is -2.31. The molecule has 0 atom stereocenters. The van der Waals surface area contributed by atoms with Gasteiger partial charge in [0.05, 0.1) is 11.0 Å². The lowest BCUT2D eigenvalue weighted by molar-refractivity contribution is 1.10. The molecule has 0 aliphatic heterocycles. The fraction of sp³-hybridized carbons (Fsp3) is 0.0377. The van der Waals surface area contributed by atoms with Crippen LogP contribution in [-0.2, 0) is 0 Å². The minimum atomic E-state index is 0.939. The van der Waals surface area contributed by atoms with E-state index in [0.29, 0.717) is 0 Å². The molecule has 0 fully saturated rings. The van der Waals surface area contributed by atoms with E-state index in [9.17, 15) is 0 Å². The predicted octanol–water partition coefficient (Wildman–Crippen LogP) is 12.5. The first-order valence-corrected chi connectivity index (χ1v) is 19.2. The van der Waals surface area contributed by atoms with Gasteiger partial charge in [-0.1, -0.05) is 164 Å². The second-order valence-electron chi connectivity index (χ2n) is 14.5. The Morgan fingerprint density at radius 3 is 1.64 bits per heavy atom. The largest absolute Gasteiger partial charge is 0.292 e. The molecule has 9 aromatic carbocycles. The SMILES string of the molecule is C1=c2c(-c3cccc4ccccc34)c3ccc(-c4ccc(-c5nc6ccccc6n5-c5ccccc5)cc4)cc3c(-c3cccc4ccccc34)c2=CCC1. The summed E-state index contributed by atoms with van der Waals surface area (Å²) in [7, 11) is 0. The molecule has 1 aliphatic carbocycles. The van der Waals surface area contributed by atoms with Crippen molar-refractivity contribution >= 4 is 55.5 Å². The van der Waals surface area contributed by atoms with E-state index in [0.717, 1.165) is 41.0 Å². The molecule has 1 aromatic heterocycles. The summed E-state index contributed by atoms with van der Waals surface area (Å²) < 4.78 is 2.27. The van der Waals surface area contributed by atoms with E-state index < -0.39 is 0 Å². The van der Waals surface area contributed by atoms with Gasteiger partial charge < -0.3 is 0 Å². The quantitative estimate of drug-likeness (QED) is 0.175. The molecule has 258 valence electrons. The zero-order valence-electron chi connectivity index (χ0n) is 30.3. The zero-order valence-corrected chi connectivity index (χ0v) is 30.3. The Hall–Kier alpha value is -7.03. The van der Waals surface area contributed by atoms with Crippen molar-refractivity contribution in [3.05, 3.63) is 192 Å². The molecule has 0 amide bonds. The lowest BCUT2D eigenvalue weighted by Gasteiger charge is -2.20. The molecule has 1 heterocycles. The van der Waals surface area contributed by atoms with Crippen molar-refractivity contribution in [2.75, 3.05) is 0 Å². The van der Waals surface area contributed by atoms with Crippen molar-refractivity contribution < 1.29 is 0 Å². The highest BCUT2D eigenvalue weighted by Gasteiger charge is 2.20. The van der Waals surface area contributed by atoms with Crippen LogP contribution in [0.15, 0.2) is 182 Å². The lowest BCUT2D eigenvalue weighted by atomic mass is 9.83. The third kappa shape index (κ3) is 5.14. The number of benzene rings is 9. The van der Waals surface area contributed by atoms with Gasteiger partial charge >= 0.3 is 0 Å². The number of fused-ring (bicyclic) bond motifs is 5. The Labute approximate surface area is 319 Å². The molecule has 0 unspecified atom stereocenters. The summed E-state index contributed by atoms with van der Waals surface area (Å²) in [5.41, 5.74) is 11.8. The summed E-state index contributed by atoms with van der Waals surface area (Å²) in [6.45, 7) is 0. The van der Waals surface area contributed by atoms with Crippen molar-refractivity contribution in [2.24, 2.45) is 0 Å². The Morgan fingerprint density at radius 2 is 0.945 bits per heavy atom. The monoisotopic (exact) mass is 700 g/mol. The first-order chi connectivity index (χ1) is 27.3. The molecule has 0 bridgehead atoms. The topological polar surface area (TPSA) is 17.8 Å². The number of aromatic nitrogens is 2. The smallest absolute Gasteiger partial charge is 0.145 e. The molecule has 1 aliphatic rings. The van der Waals surface area contributed by atoms with Crippen molar-refractivity contribution in [1.29, 1.82) is 0 Å². The van der Waals surface area contributed by atoms with Crippen molar-refractivity contribution in [1.82, 2.24) is 9.55 Å². The number of imidazole rings is 1. The maximum absolute atomic E-state index is 5.13. The number of hydrogen-bond acceptors (Lipinski definition) is 1. The van der Waals surface area contributed by atoms with E-state index in [1.54, 1.807) is 0 Å². The van der Waals surface area contributed by atoms with E-state index in [4.69, 9.17) is 4.98 Å². The van der Waals surface area contributed by atoms with Crippen LogP contribution >= 0.6 is 0 Å². The molecule has 55 heavy (non-hydrogen) atoms. The van der Waals surface area contributed by atoms with E-state index in [2.05, 4.69) is 199 Å². The molecule has 10 aromatic rings. The van der Waals surface area contributed by atoms with Gasteiger partial charge in [0.2, 0.25) is 0 Å². The predicted molar refractivity (Wildman–Crippen MR) is 233 cm³/mol. The number of hydrogen-bond donors (Lipinski definition) is 0. The summed E-state index contributed by atoms with van der Waals surface area (Å²) in [4.78, 5) is 5.13. The van der Waals surface area contributed by atoms with Gasteiger partial charge in [-0.15, -0.1) is 0 Å². The fourth-order valence-electron chi connectivity index (χ4n) is 8.92. The van der Waals surface area contributed by atoms with Gasteiger partial charge in [0, 0.05) is 11.3 Å². The zero-order chi connectivity index (χ0) is 36.3. The van der Waals surface area contributed by atoms with Crippen LogP contribution < -0.4 is 10.4 Å². The molecule has 0 radical (unpaired) electrons. The van der Waals surface area contributed by atoms with Crippen LogP contribution in [0, 0.1) is 0 Å². The summed E-state index contributed by atoms with van der Waals surface area (Å²) >= 11 is 0. The van der Waals surface area contributed by atoms with Gasteiger partial charge in [-0.3, -0.25) is 4.57 Å². The van der Waals surface area contributed by atoms with Gasteiger partial charge in [0.25, 0.3) is 0 Å². The minimum absolute atomic E-state index is 0.939. The van der Waals surface area contributed by atoms with Gasteiger partial charge in [-0.05, 0) is 119 Å². The van der Waals surface area contributed by atoms with E-state index in [1.807, 2.05) is 0 Å². The van der Waals surface area contributed by atoms with Crippen LogP contribution in [-0.4, -0.2) is 9.55 Å². The highest BCUT2D eigenvalue weighted by atomic mass is 15.1. The van der Waals surface area contributed by atoms with Crippen molar-refractivity contribution in [2.45, 2.75) is 12.8 Å². The summed E-state index contributed by atoms with van der Waals surface area (Å²) in [6.07, 6.45) is 7.03. The minimum Gasteiger partial charge on any atom is -0.292 e. The number of para-hydroxylation sites is 3. The average Bonchev–Trinajstić information content (AvgIpc) is 3.65. The van der Waals surface area contributed by atoms with Crippen LogP contribution in [0.25, 0.3) is 106 Å². The highest BCUT2D eigenvalue weighted by molar-refractivity contribution is 6.13. The molecular formula is C53H36N2. The normalized spacial score (nSPS) is 12.5. The van der Waals surface area contributed by atoms with Crippen LogP contribution in [0.2, 0.25) is 0 Å². The van der Waals surface area contributed by atoms with Gasteiger partial charge in [0.1, 0.15) is 5.82 Å². The van der Waals surface area contributed by atoms with E-state index >= 15 is 0 Å². The number of rotatable bonds is 5. The third-order valence-electron chi connectivity index (χ3n) is 11.4. The Morgan fingerprint density at radius 1 is 0.400 bits per heavy atom. The van der Waals surface area contributed by atoms with Crippen LogP contribution in [0.4, 0.5) is 0 Å². The standard InChI is InChI=1S/C53H36N2/c1-2-18-40(19-3-1)55-50-27-11-10-26-49(50)54-53(55)38-30-28-35(29-31-38)39-32-33-47-48(34-39)52(44-25-13-17-37-15-5-7-21-42(37)44)46-23-9-8-22-45(46)51(47)43-24-12-16-36-14-4-6-20-41(36)43/h1-7,10-34H,8-9H2. The third-order valence-corrected chi connectivity index (χ3v) is 11.4. The average molecular weight is 701 g/mol. The van der Waals surface area contributed by atoms with Crippen molar-refractivity contribution in [3.63, 3.8) is 0 Å². The molecular weight excluding hydrogens is 665 g/mol. The Kier molecular flexibility index (Phi) is 7.34. The molecule has 0 saturated heterocycles. The van der Waals surface area contributed by atoms with Crippen LogP contribution in [0.3, 0.4) is 0 Å². The first kappa shape index (κ1) is 31.5. The summed E-state index contributed by atoms with van der Waals surface area (Å²) in [5, 5.41) is 10.3. The Bertz CT molecular complexity index is 3230. The van der Waals surface area contributed by atoms with E-state index in [1.165, 1.54) is 76.1 Å². The number of nitrogens with zero attached hydrogens (tertiary/aromatic N) is 2. The highest BCUT2D eigenvalue weighted by Crippen LogP contribution is 2.39. The first-order valence-electron chi connectivity index (χ1n) is 19.2. The molecule has 11 rings (SSSR count). The second-order valence-corrected chi connectivity index (χ2v) is 14.5. The van der Waals surface area contributed by atoms with Crippen molar-refractivity contribution in [3.8, 4) is 50.5 Å². The summed E-state index contributed by atoms with van der Waals surface area (Å²) in [6, 6.07) is 66.1. The molecule has 0 N–H and O–H groups in total. The van der Waals surface area contributed by atoms with E-state index in [-0.39, 0.29) is 0 Å². The molecule has 2 nitrogen and oxygen atoms in total. The molecule has 0 saturated carbocycles. The maximum Gasteiger partial charge on any atom is 0.145 e. The van der Waals surface area contributed by atoms with Gasteiger partial charge in [-0.25, -0.2) is 4.98 Å².